The number of thioether (sulfide) groups is 1. The molecular weight excluding hydrogens is 556 g/mol. The summed E-state index contributed by atoms with van der Waals surface area (Å²) in [5.74, 6) is -1.73. The first-order valence-corrected chi connectivity index (χ1v) is 15.7. The third-order valence-electron chi connectivity index (χ3n) is 6.08. The Morgan fingerprint density at radius 1 is 1.12 bits per heavy atom. The van der Waals surface area contributed by atoms with Crippen LogP contribution < -0.4 is 9.62 Å². The zero-order chi connectivity index (χ0) is 29.1. The van der Waals surface area contributed by atoms with E-state index in [-0.39, 0.29) is 47.6 Å². The molecule has 1 saturated heterocycles. The summed E-state index contributed by atoms with van der Waals surface area (Å²) in [7, 11) is -3.85. The van der Waals surface area contributed by atoms with Gasteiger partial charge in [-0.1, -0.05) is 30.3 Å². The quantitative estimate of drug-likeness (QED) is 0.364. The van der Waals surface area contributed by atoms with Gasteiger partial charge in [0.15, 0.2) is 0 Å². The van der Waals surface area contributed by atoms with Crippen molar-refractivity contribution in [2.75, 3.05) is 37.0 Å². The first-order valence-electron chi connectivity index (χ1n) is 12.8. The molecule has 1 fully saturated rings. The molecule has 0 spiro atoms. The molecule has 1 aliphatic heterocycles. The lowest BCUT2D eigenvalue weighted by molar-refractivity contribution is -0.139. The van der Waals surface area contributed by atoms with Crippen molar-refractivity contribution in [1.29, 1.82) is 5.26 Å². The van der Waals surface area contributed by atoms with Gasteiger partial charge in [0.1, 0.15) is 11.9 Å². The van der Waals surface area contributed by atoms with E-state index in [1.54, 1.807) is 44.2 Å². The number of pyridine rings is 1. The van der Waals surface area contributed by atoms with Gasteiger partial charge >= 0.3 is 11.9 Å². The Bertz CT molecular complexity index is 1350. The Hall–Kier alpha value is -3.63. The molecule has 1 N–H and O–H groups in total. The van der Waals surface area contributed by atoms with Crippen molar-refractivity contribution in [3.05, 3.63) is 58.8 Å². The van der Waals surface area contributed by atoms with Gasteiger partial charge in [-0.15, -0.1) is 11.8 Å². The predicted octanol–water partition coefficient (Wildman–Crippen LogP) is 2.79. The van der Waals surface area contributed by atoms with E-state index in [9.17, 15) is 28.1 Å². The van der Waals surface area contributed by atoms with E-state index in [1.165, 1.54) is 17.8 Å². The Morgan fingerprint density at radius 3 is 2.42 bits per heavy atom. The molecule has 11 nitrogen and oxygen atoms in total. The number of nitrogens with one attached hydrogen (secondary N) is 1. The topological polar surface area (TPSA) is 156 Å². The highest BCUT2D eigenvalue weighted by Crippen LogP contribution is 2.28. The number of sulfonamides is 1. The number of rotatable bonds is 12. The van der Waals surface area contributed by atoms with E-state index in [1.807, 2.05) is 4.90 Å². The van der Waals surface area contributed by atoms with Gasteiger partial charge < -0.3 is 14.4 Å². The van der Waals surface area contributed by atoms with Crippen molar-refractivity contribution in [1.82, 2.24) is 9.71 Å². The molecule has 0 saturated carbocycles. The van der Waals surface area contributed by atoms with E-state index in [2.05, 4.69) is 15.8 Å². The van der Waals surface area contributed by atoms with E-state index < -0.39 is 27.8 Å². The van der Waals surface area contributed by atoms with Crippen LogP contribution in [-0.4, -0.2) is 63.3 Å². The number of amides is 1. The fourth-order valence-corrected chi connectivity index (χ4v) is 6.16. The fraction of sp³-hybridized carbons (Fsp3) is 0.444. The van der Waals surface area contributed by atoms with E-state index in [0.717, 1.165) is 0 Å². The zero-order valence-electron chi connectivity index (χ0n) is 22.4. The number of aromatic nitrogens is 1. The number of ether oxygens (including phenoxy) is 2. The molecule has 3 rings (SSSR count). The third-order valence-corrected chi connectivity index (χ3v) is 8.22. The van der Waals surface area contributed by atoms with Crippen LogP contribution in [0.3, 0.4) is 0 Å². The van der Waals surface area contributed by atoms with Gasteiger partial charge in [0.2, 0.25) is 15.9 Å². The molecule has 2 heterocycles. The minimum absolute atomic E-state index is 0.0702. The highest BCUT2D eigenvalue weighted by molar-refractivity contribution is 7.99. The number of hydrogen-bond donors (Lipinski definition) is 1. The molecule has 1 aliphatic rings. The fourth-order valence-electron chi connectivity index (χ4n) is 4.21. The maximum atomic E-state index is 12.8. The van der Waals surface area contributed by atoms with Crippen LogP contribution in [0.5, 0.6) is 0 Å². The lowest BCUT2D eigenvalue weighted by atomic mass is 9.96. The van der Waals surface area contributed by atoms with Crippen molar-refractivity contribution in [2.24, 2.45) is 5.92 Å². The van der Waals surface area contributed by atoms with Crippen molar-refractivity contribution in [2.45, 2.75) is 38.2 Å². The average Bonchev–Trinajstić information content (AvgIpc) is 2.93. The highest BCUT2D eigenvalue weighted by atomic mass is 32.2. The third kappa shape index (κ3) is 8.69. The molecule has 0 aliphatic carbocycles. The molecule has 13 heteroatoms. The van der Waals surface area contributed by atoms with Crippen molar-refractivity contribution >= 4 is 45.4 Å². The molecule has 0 atom stereocenters. The second-order valence-corrected chi connectivity index (χ2v) is 11.7. The molecule has 40 heavy (non-hydrogen) atoms. The number of anilines is 1. The molecule has 0 bridgehead atoms. The number of nitrogens with zero attached hydrogens (tertiary/aromatic N) is 3. The Kier molecular flexibility index (Phi) is 11.3. The van der Waals surface area contributed by atoms with Crippen LogP contribution in [0.4, 0.5) is 5.82 Å². The summed E-state index contributed by atoms with van der Waals surface area (Å²) < 4.78 is 37.3. The van der Waals surface area contributed by atoms with Crippen LogP contribution in [0, 0.1) is 17.2 Å². The van der Waals surface area contributed by atoms with Crippen LogP contribution in [0.15, 0.2) is 36.4 Å². The van der Waals surface area contributed by atoms with Crippen molar-refractivity contribution < 1.29 is 32.3 Å². The summed E-state index contributed by atoms with van der Waals surface area (Å²) in [4.78, 5) is 43.6. The summed E-state index contributed by atoms with van der Waals surface area (Å²) in [5, 5.41) is 9.81. The number of carbonyl (C=O) groups is 3. The summed E-state index contributed by atoms with van der Waals surface area (Å²) >= 11 is 1.23. The second kappa shape index (κ2) is 14.7. The number of esters is 2. The number of benzene rings is 1. The number of carbonyl (C=O) groups excluding carboxylic acids is 3. The van der Waals surface area contributed by atoms with Gasteiger partial charge in [0.25, 0.3) is 0 Å². The standard InChI is InChI=1S/C27H32N4O7S2/c1-3-37-24(32)17-39-16-23-22(27(34)38-4-2)14-21(15-28)25(29-23)31-12-10-20(11-13-31)26(33)30-40(35,36)18-19-8-6-5-7-9-19/h5-9,14,20H,3-4,10-13,16-18H2,1-2H3,(H,30,33). The highest BCUT2D eigenvalue weighted by Gasteiger charge is 2.30. The summed E-state index contributed by atoms with van der Waals surface area (Å²) in [5.41, 5.74) is 1.27. The summed E-state index contributed by atoms with van der Waals surface area (Å²) in [6.45, 7) is 4.51. The number of hydrogen-bond acceptors (Lipinski definition) is 11. The van der Waals surface area contributed by atoms with Crippen LogP contribution in [-0.2, 0) is 40.6 Å². The van der Waals surface area contributed by atoms with Crippen LogP contribution >= 0.6 is 11.8 Å². The molecule has 1 amide bonds. The van der Waals surface area contributed by atoms with Gasteiger partial charge in [0.05, 0.1) is 41.5 Å². The van der Waals surface area contributed by atoms with E-state index >= 15 is 0 Å². The van der Waals surface area contributed by atoms with E-state index in [0.29, 0.717) is 43.0 Å². The van der Waals surface area contributed by atoms with Crippen molar-refractivity contribution in [3.8, 4) is 6.07 Å². The monoisotopic (exact) mass is 588 g/mol. The van der Waals surface area contributed by atoms with Gasteiger partial charge in [-0.25, -0.2) is 18.2 Å². The summed E-state index contributed by atoms with van der Waals surface area (Å²) in [6, 6.07) is 12.1. The maximum Gasteiger partial charge on any atom is 0.340 e. The average molecular weight is 589 g/mol. The molecular formula is C27H32N4O7S2. The Labute approximate surface area is 238 Å². The van der Waals surface area contributed by atoms with Crippen LogP contribution in [0.1, 0.15) is 53.9 Å². The number of nitriles is 1. The lowest BCUT2D eigenvalue weighted by Crippen LogP contribution is -2.43. The minimum Gasteiger partial charge on any atom is -0.465 e. The largest absolute Gasteiger partial charge is 0.465 e. The number of piperidine rings is 1. The van der Waals surface area contributed by atoms with Gasteiger partial charge in [0, 0.05) is 24.8 Å². The van der Waals surface area contributed by atoms with Crippen LogP contribution in [0.25, 0.3) is 0 Å². The first kappa shape index (κ1) is 30.9. The van der Waals surface area contributed by atoms with Crippen LogP contribution in [0.2, 0.25) is 0 Å². The van der Waals surface area contributed by atoms with Gasteiger partial charge in [-0.3, -0.25) is 14.3 Å². The Morgan fingerprint density at radius 2 is 1.80 bits per heavy atom. The Balaban J connectivity index is 1.71. The smallest absolute Gasteiger partial charge is 0.340 e. The lowest BCUT2D eigenvalue weighted by Gasteiger charge is -2.33. The first-order chi connectivity index (χ1) is 19.2. The molecule has 1 aromatic carbocycles. The molecule has 0 radical (unpaired) electrons. The zero-order valence-corrected chi connectivity index (χ0v) is 24.1. The second-order valence-electron chi connectivity index (χ2n) is 8.96. The molecule has 2 aromatic rings. The van der Waals surface area contributed by atoms with Gasteiger partial charge in [-0.05, 0) is 38.3 Å². The van der Waals surface area contributed by atoms with E-state index in [4.69, 9.17) is 9.47 Å². The molecule has 1 aromatic heterocycles. The maximum absolute atomic E-state index is 12.8. The van der Waals surface area contributed by atoms with Crippen molar-refractivity contribution in [3.63, 3.8) is 0 Å². The SMILES string of the molecule is CCOC(=O)CSCc1nc(N2CCC(C(=O)NS(=O)(=O)Cc3ccccc3)CC2)c(C#N)cc1C(=O)OCC. The normalized spacial score (nSPS) is 13.8. The summed E-state index contributed by atoms with van der Waals surface area (Å²) in [6.07, 6.45) is 0.706. The molecule has 0 unspecified atom stereocenters. The minimum atomic E-state index is -3.85. The van der Waals surface area contributed by atoms with Gasteiger partial charge in [-0.2, -0.15) is 5.26 Å². The predicted molar refractivity (Wildman–Crippen MR) is 150 cm³/mol. The molecule has 214 valence electrons.